The van der Waals surface area contributed by atoms with E-state index in [4.69, 9.17) is 4.74 Å². The Morgan fingerprint density at radius 2 is 1.88 bits per heavy atom. The zero-order valence-electron chi connectivity index (χ0n) is 17.0. The first kappa shape index (κ1) is 21.8. The van der Waals surface area contributed by atoms with Gasteiger partial charge in [0.2, 0.25) is 5.91 Å². The summed E-state index contributed by atoms with van der Waals surface area (Å²) in [5.41, 5.74) is 0.798. The lowest BCUT2D eigenvalue weighted by Gasteiger charge is -2.18. The SMILES string of the molecule is CCNC(=NCC(C)Oc1cccc(C)c1)NCCNC(=O)C(C)(C)C. The summed E-state index contributed by atoms with van der Waals surface area (Å²) in [6, 6.07) is 8.00. The number of aliphatic imine (C=N–C) groups is 1. The van der Waals surface area contributed by atoms with Gasteiger partial charge in [-0.1, -0.05) is 32.9 Å². The number of rotatable bonds is 8. The number of hydrogen-bond acceptors (Lipinski definition) is 3. The third-order valence-electron chi connectivity index (χ3n) is 3.56. The Morgan fingerprint density at radius 1 is 1.19 bits per heavy atom. The van der Waals surface area contributed by atoms with Crippen molar-refractivity contribution in [3.63, 3.8) is 0 Å². The Kier molecular flexibility index (Phi) is 8.96. The van der Waals surface area contributed by atoms with Gasteiger partial charge in [-0.25, -0.2) is 4.99 Å². The quantitative estimate of drug-likeness (QED) is 0.377. The second-order valence-corrected chi connectivity index (χ2v) is 7.40. The van der Waals surface area contributed by atoms with Gasteiger partial charge in [0.1, 0.15) is 11.9 Å². The van der Waals surface area contributed by atoms with Crippen molar-refractivity contribution in [2.75, 3.05) is 26.2 Å². The van der Waals surface area contributed by atoms with Gasteiger partial charge < -0.3 is 20.7 Å². The number of nitrogens with one attached hydrogen (secondary N) is 3. The Balaban J connectivity index is 2.43. The van der Waals surface area contributed by atoms with Gasteiger partial charge in [-0.05, 0) is 38.5 Å². The molecule has 0 heterocycles. The minimum atomic E-state index is -0.374. The molecule has 1 unspecified atom stereocenters. The van der Waals surface area contributed by atoms with Crippen molar-refractivity contribution in [3.05, 3.63) is 29.8 Å². The van der Waals surface area contributed by atoms with E-state index in [-0.39, 0.29) is 17.4 Å². The first-order valence-corrected chi connectivity index (χ1v) is 9.26. The van der Waals surface area contributed by atoms with Gasteiger partial charge in [0, 0.05) is 25.0 Å². The lowest BCUT2D eigenvalue weighted by molar-refractivity contribution is -0.128. The lowest BCUT2D eigenvalue weighted by atomic mass is 9.96. The summed E-state index contributed by atoms with van der Waals surface area (Å²) < 4.78 is 5.90. The summed E-state index contributed by atoms with van der Waals surface area (Å²) in [5, 5.41) is 9.34. The molecule has 1 aromatic rings. The number of nitrogens with zero attached hydrogens (tertiary/aromatic N) is 1. The predicted octanol–water partition coefficient (Wildman–Crippen LogP) is 2.48. The molecule has 0 saturated carbocycles. The fourth-order valence-corrected chi connectivity index (χ4v) is 2.14. The number of aryl methyl sites for hydroxylation is 1. The van der Waals surface area contributed by atoms with Crippen molar-refractivity contribution in [1.82, 2.24) is 16.0 Å². The molecule has 1 amide bonds. The number of amides is 1. The zero-order chi connectivity index (χ0) is 19.6. The van der Waals surface area contributed by atoms with E-state index in [0.717, 1.165) is 18.3 Å². The Hall–Kier alpha value is -2.24. The number of ether oxygens (including phenoxy) is 1. The molecule has 1 aromatic carbocycles. The number of benzene rings is 1. The zero-order valence-corrected chi connectivity index (χ0v) is 17.0. The van der Waals surface area contributed by atoms with Crippen LogP contribution in [0.25, 0.3) is 0 Å². The summed E-state index contributed by atoms with van der Waals surface area (Å²) in [6.45, 7) is 14.2. The van der Waals surface area contributed by atoms with Crippen LogP contribution in [0.2, 0.25) is 0 Å². The molecule has 0 aliphatic carbocycles. The average molecular weight is 363 g/mol. The highest BCUT2D eigenvalue weighted by molar-refractivity contribution is 5.81. The van der Waals surface area contributed by atoms with E-state index in [2.05, 4.69) is 20.9 Å². The molecule has 26 heavy (non-hydrogen) atoms. The highest BCUT2D eigenvalue weighted by Gasteiger charge is 2.20. The topological polar surface area (TPSA) is 74.8 Å². The van der Waals surface area contributed by atoms with Crippen LogP contribution in [0.15, 0.2) is 29.3 Å². The monoisotopic (exact) mass is 362 g/mol. The van der Waals surface area contributed by atoms with Crippen LogP contribution in [-0.2, 0) is 4.79 Å². The number of carbonyl (C=O) groups is 1. The van der Waals surface area contributed by atoms with E-state index < -0.39 is 0 Å². The van der Waals surface area contributed by atoms with E-state index in [1.807, 2.05) is 65.8 Å². The molecule has 0 aliphatic heterocycles. The third kappa shape index (κ3) is 8.74. The van der Waals surface area contributed by atoms with Crippen LogP contribution in [0.3, 0.4) is 0 Å². The van der Waals surface area contributed by atoms with Crippen molar-refractivity contribution in [2.45, 2.75) is 47.6 Å². The van der Waals surface area contributed by atoms with Crippen LogP contribution in [0.4, 0.5) is 0 Å². The van der Waals surface area contributed by atoms with Gasteiger partial charge in [-0.15, -0.1) is 0 Å². The highest BCUT2D eigenvalue weighted by atomic mass is 16.5. The van der Waals surface area contributed by atoms with Crippen molar-refractivity contribution >= 4 is 11.9 Å². The molecular formula is C20H34N4O2. The van der Waals surface area contributed by atoms with Gasteiger partial charge in [-0.2, -0.15) is 0 Å². The lowest BCUT2D eigenvalue weighted by Crippen LogP contribution is -2.43. The molecular weight excluding hydrogens is 328 g/mol. The number of hydrogen-bond donors (Lipinski definition) is 3. The standard InChI is InChI=1S/C20H34N4O2/c1-7-21-19(23-12-11-22-18(25)20(4,5)6)24-14-16(3)26-17-10-8-9-15(2)13-17/h8-10,13,16H,7,11-12,14H2,1-6H3,(H,22,25)(H2,21,23,24). The molecule has 146 valence electrons. The number of carbonyl (C=O) groups excluding carboxylic acids is 1. The molecule has 0 bridgehead atoms. The van der Waals surface area contributed by atoms with Crippen molar-refractivity contribution in [2.24, 2.45) is 10.4 Å². The average Bonchev–Trinajstić information content (AvgIpc) is 2.55. The molecule has 0 saturated heterocycles. The molecule has 6 nitrogen and oxygen atoms in total. The van der Waals surface area contributed by atoms with Crippen molar-refractivity contribution < 1.29 is 9.53 Å². The van der Waals surface area contributed by atoms with Gasteiger partial charge in [0.15, 0.2) is 5.96 Å². The molecule has 0 radical (unpaired) electrons. The second kappa shape index (κ2) is 10.7. The van der Waals surface area contributed by atoms with E-state index in [1.54, 1.807) is 0 Å². The third-order valence-corrected chi connectivity index (χ3v) is 3.56. The molecule has 1 atom stereocenters. The fourth-order valence-electron chi connectivity index (χ4n) is 2.14. The first-order chi connectivity index (χ1) is 12.2. The van der Waals surface area contributed by atoms with Crippen LogP contribution >= 0.6 is 0 Å². The number of guanidine groups is 1. The normalized spacial score (nSPS) is 13.1. The fraction of sp³-hybridized carbons (Fsp3) is 0.600. The molecule has 0 spiro atoms. The Morgan fingerprint density at radius 3 is 2.50 bits per heavy atom. The van der Waals surface area contributed by atoms with Crippen LogP contribution in [-0.4, -0.2) is 44.1 Å². The maximum Gasteiger partial charge on any atom is 0.225 e. The molecule has 1 rings (SSSR count). The summed E-state index contributed by atoms with van der Waals surface area (Å²) in [5.74, 6) is 1.62. The summed E-state index contributed by atoms with van der Waals surface area (Å²) in [7, 11) is 0. The maximum atomic E-state index is 11.8. The van der Waals surface area contributed by atoms with E-state index in [0.29, 0.717) is 19.6 Å². The van der Waals surface area contributed by atoms with Crippen molar-refractivity contribution in [3.8, 4) is 5.75 Å². The Bertz CT molecular complexity index is 594. The highest BCUT2D eigenvalue weighted by Crippen LogP contribution is 2.14. The molecule has 0 aliphatic rings. The maximum absolute atomic E-state index is 11.8. The predicted molar refractivity (Wildman–Crippen MR) is 108 cm³/mol. The summed E-state index contributed by atoms with van der Waals surface area (Å²) in [6.07, 6.45) is -0.0344. The molecule has 0 fully saturated rings. The van der Waals surface area contributed by atoms with Crippen LogP contribution in [0.5, 0.6) is 5.75 Å². The van der Waals surface area contributed by atoms with Gasteiger partial charge in [-0.3, -0.25) is 4.79 Å². The van der Waals surface area contributed by atoms with Crippen molar-refractivity contribution in [1.29, 1.82) is 0 Å². The van der Waals surface area contributed by atoms with E-state index in [1.165, 1.54) is 5.56 Å². The summed E-state index contributed by atoms with van der Waals surface area (Å²) in [4.78, 5) is 16.4. The smallest absolute Gasteiger partial charge is 0.225 e. The molecule has 6 heteroatoms. The van der Waals surface area contributed by atoms with Gasteiger partial charge in [0.25, 0.3) is 0 Å². The van der Waals surface area contributed by atoms with Crippen LogP contribution < -0.4 is 20.7 Å². The molecule has 3 N–H and O–H groups in total. The summed E-state index contributed by atoms with van der Waals surface area (Å²) >= 11 is 0. The second-order valence-electron chi connectivity index (χ2n) is 7.40. The first-order valence-electron chi connectivity index (χ1n) is 9.26. The molecule has 0 aromatic heterocycles. The Labute approximate surface area is 157 Å². The minimum absolute atomic E-state index is 0.0344. The van der Waals surface area contributed by atoms with E-state index >= 15 is 0 Å². The van der Waals surface area contributed by atoms with Crippen LogP contribution in [0.1, 0.15) is 40.2 Å². The largest absolute Gasteiger partial charge is 0.489 e. The van der Waals surface area contributed by atoms with Gasteiger partial charge in [0.05, 0.1) is 6.54 Å². The van der Waals surface area contributed by atoms with Gasteiger partial charge >= 0.3 is 0 Å². The van der Waals surface area contributed by atoms with E-state index in [9.17, 15) is 4.79 Å². The van der Waals surface area contributed by atoms with Crippen LogP contribution in [0, 0.1) is 12.3 Å². The minimum Gasteiger partial charge on any atom is -0.489 e.